The van der Waals surface area contributed by atoms with Crippen molar-refractivity contribution in [3.63, 3.8) is 0 Å². The van der Waals surface area contributed by atoms with Crippen molar-refractivity contribution in [2.45, 2.75) is 73.3 Å². The zero-order valence-electron chi connectivity index (χ0n) is 11.5. The fourth-order valence-corrected chi connectivity index (χ4v) is 1.84. The van der Waals surface area contributed by atoms with E-state index in [0.29, 0.717) is 6.04 Å². The average molecular weight is 215 g/mol. The van der Waals surface area contributed by atoms with Crippen molar-refractivity contribution < 1.29 is 4.79 Å². The molecule has 1 rings (SSSR count). The van der Waals surface area contributed by atoms with Gasteiger partial charge in [0.1, 0.15) is 0 Å². The molecule has 1 unspecified atom stereocenters. The minimum Gasteiger partial charge on any atom is -0.340 e. The van der Waals surface area contributed by atoms with Crippen LogP contribution in [-0.4, -0.2) is 23.4 Å². The molecule has 0 aliphatic carbocycles. The summed E-state index contributed by atoms with van der Waals surface area (Å²) < 4.78 is 0. The van der Waals surface area contributed by atoms with E-state index in [1.807, 2.05) is 32.6 Å². The zero-order chi connectivity index (χ0) is 12.3. The van der Waals surface area contributed by atoms with Crippen LogP contribution in [0.4, 0.5) is 0 Å². The van der Waals surface area contributed by atoms with E-state index in [0.717, 1.165) is 13.0 Å². The van der Waals surface area contributed by atoms with Crippen LogP contribution in [0.3, 0.4) is 0 Å². The molecule has 0 saturated carbocycles. The Morgan fingerprint density at radius 3 is 2.07 bits per heavy atom. The summed E-state index contributed by atoms with van der Waals surface area (Å²) in [5.74, 6) is 0.247. The monoisotopic (exact) mass is 215 g/mol. The van der Waals surface area contributed by atoms with Gasteiger partial charge in [-0.15, -0.1) is 0 Å². The topological polar surface area (TPSA) is 20.3 Å². The number of likely N-dealkylation sites (tertiary alicyclic amines) is 1. The van der Waals surface area contributed by atoms with Crippen LogP contribution >= 0.6 is 0 Å². The molecule has 0 spiro atoms. The van der Waals surface area contributed by atoms with Crippen LogP contribution in [0.15, 0.2) is 0 Å². The SMILES string of the molecule is CC.CC.CCC1CCCCN1C(C)=O. The normalized spacial score (nSPS) is 19.3. The Kier molecular flexibility index (Phi) is 13.0. The number of carbonyl (C=O) groups excluding carboxylic acids is 1. The van der Waals surface area contributed by atoms with Crippen molar-refractivity contribution in [1.82, 2.24) is 4.90 Å². The highest BCUT2D eigenvalue weighted by molar-refractivity contribution is 5.73. The third-order valence-corrected chi connectivity index (χ3v) is 2.50. The molecule has 15 heavy (non-hydrogen) atoms. The number of nitrogens with zero attached hydrogens (tertiary/aromatic N) is 1. The molecule has 1 atom stereocenters. The number of hydrogen-bond acceptors (Lipinski definition) is 1. The van der Waals surface area contributed by atoms with Gasteiger partial charge < -0.3 is 4.90 Å². The highest BCUT2D eigenvalue weighted by Gasteiger charge is 2.21. The number of hydrogen-bond donors (Lipinski definition) is 0. The molecule has 92 valence electrons. The molecule has 0 aromatic heterocycles. The summed E-state index contributed by atoms with van der Waals surface area (Å²) in [5, 5.41) is 0. The van der Waals surface area contributed by atoms with E-state index in [1.54, 1.807) is 6.92 Å². The van der Waals surface area contributed by atoms with E-state index in [9.17, 15) is 4.79 Å². The lowest BCUT2D eigenvalue weighted by Crippen LogP contribution is -2.42. The van der Waals surface area contributed by atoms with Gasteiger partial charge in [-0.1, -0.05) is 34.6 Å². The van der Waals surface area contributed by atoms with Gasteiger partial charge in [-0.25, -0.2) is 0 Å². The van der Waals surface area contributed by atoms with Gasteiger partial charge in [-0.05, 0) is 25.7 Å². The summed E-state index contributed by atoms with van der Waals surface area (Å²) in [6, 6.07) is 0.529. The van der Waals surface area contributed by atoms with Crippen molar-refractivity contribution in [3.05, 3.63) is 0 Å². The maximum Gasteiger partial charge on any atom is 0.219 e. The molecule has 1 saturated heterocycles. The van der Waals surface area contributed by atoms with Crippen LogP contribution in [-0.2, 0) is 4.79 Å². The summed E-state index contributed by atoms with van der Waals surface area (Å²) in [5.41, 5.74) is 0. The molecule has 1 aliphatic heterocycles. The van der Waals surface area contributed by atoms with E-state index in [1.165, 1.54) is 19.3 Å². The number of rotatable bonds is 1. The van der Waals surface area contributed by atoms with E-state index >= 15 is 0 Å². The Morgan fingerprint density at radius 1 is 1.20 bits per heavy atom. The van der Waals surface area contributed by atoms with Crippen LogP contribution in [0.2, 0.25) is 0 Å². The first kappa shape index (κ1) is 16.9. The second kappa shape index (κ2) is 11.5. The van der Waals surface area contributed by atoms with E-state index in [2.05, 4.69) is 6.92 Å². The zero-order valence-corrected chi connectivity index (χ0v) is 11.5. The second-order valence-corrected chi connectivity index (χ2v) is 3.27. The molecule has 1 fully saturated rings. The quantitative estimate of drug-likeness (QED) is 0.650. The maximum absolute atomic E-state index is 11.1. The molecule has 0 radical (unpaired) electrons. The van der Waals surface area contributed by atoms with Crippen LogP contribution in [0, 0.1) is 0 Å². The summed E-state index contributed by atoms with van der Waals surface area (Å²) in [6.45, 7) is 12.8. The average Bonchev–Trinajstić information content (AvgIpc) is 2.34. The minimum absolute atomic E-state index is 0.247. The highest BCUT2D eigenvalue weighted by atomic mass is 16.2. The van der Waals surface area contributed by atoms with Gasteiger partial charge in [-0.3, -0.25) is 4.79 Å². The predicted molar refractivity (Wildman–Crippen MR) is 68.0 cm³/mol. The van der Waals surface area contributed by atoms with Gasteiger partial charge in [0.2, 0.25) is 5.91 Å². The third-order valence-electron chi connectivity index (χ3n) is 2.50. The molecule has 0 aromatic rings. The molecular formula is C13H29NO. The lowest BCUT2D eigenvalue weighted by Gasteiger charge is -2.34. The lowest BCUT2D eigenvalue weighted by molar-refractivity contribution is -0.132. The summed E-state index contributed by atoms with van der Waals surface area (Å²) in [4.78, 5) is 13.1. The predicted octanol–water partition coefficient (Wildman–Crippen LogP) is 3.85. The molecule has 0 aromatic carbocycles. The van der Waals surface area contributed by atoms with Crippen molar-refractivity contribution in [2.75, 3.05) is 6.54 Å². The molecule has 0 N–H and O–H groups in total. The van der Waals surface area contributed by atoms with Gasteiger partial charge in [0.05, 0.1) is 0 Å². The molecule has 2 heteroatoms. The minimum atomic E-state index is 0.247. The Hall–Kier alpha value is -0.530. The van der Waals surface area contributed by atoms with E-state index in [-0.39, 0.29) is 5.91 Å². The third kappa shape index (κ3) is 6.53. The van der Waals surface area contributed by atoms with Crippen LogP contribution < -0.4 is 0 Å². The van der Waals surface area contributed by atoms with Gasteiger partial charge in [0.25, 0.3) is 0 Å². The molecule has 1 heterocycles. The Bertz CT molecular complexity index is 145. The molecule has 0 bridgehead atoms. The number of carbonyl (C=O) groups is 1. The summed E-state index contributed by atoms with van der Waals surface area (Å²) in [7, 11) is 0. The lowest BCUT2D eigenvalue weighted by atomic mass is 10.0. The van der Waals surface area contributed by atoms with Crippen LogP contribution in [0.25, 0.3) is 0 Å². The summed E-state index contributed by atoms with van der Waals surface area (Å²) >= 11 is 0. The van der Waals surface area contributed by atoms with Gasteiger partial charge >= 0.3 is 0 Å². The molecule has 1 amide bonds. The highest BCUT2D eigenvalue weighted by Crippen LogP contribution is 2.18. The number of piperidine rings is 1. The van der Waals surface area contributed by atoms with E-state index < -0.39 is 0 Å². The van der Waals surface area contributed by atoms with E-state index in [4.69, 9.17) is 0 Å². The van der Waals surface area contributed by atoms with Crippen molar-refractivity contribution in [3.8, 4) is 0 Å². The first-order valence-corrected chi connectivity index (χ1v) is 6.53. The maximum atomic E-state index is 11.1. The fourth-order valence-electron chi connectivity index (χ4n) is 1.84. The molecule has 2 nitrogen and oxygen atoms in total. The summed E-state index contributed by atoms with van der Waals surface area (Å²) in [6.07, 6.45) is 4.80. The van der Waals surface area contributed by atoms with Crippen molar-refractivity contribution in [1.29, 1.82) is 0 Å². The van der Waals surface area contributed by atoms with Crippen molar-refractivity contribution in [2.24, 2.45) is 0 Å². The fraction of sp³-hybridized carbons (Fsp3) is 0.923. The largest absolute Gasteiger partial charge is 0.340 e. The first-order valence-electron chi connectivity index (χ1n) is 6.53. The Labute approximate surface area is 96.0 Å². The van der Waals surface area contributed by atoms with Crippen LogP contribution in [0.1, 0.15) is 67.2 Å². The van der Waals surface area contributed by atoms with Crippen LogP contribution in [0.5, 0.6) is 0 Å². The smallest absolute Gasteiger partial charge is 0.219 e. The first-order chi connectivity index (χ1) is 7.25. The standard InChI is InChI=1S/C9H17NO.2C2H6/c1-3-9-6-4-5-7-10(9)8(2)11;2*1-2/h9H,3-7H2,1-2H3;2*1-2H3. The number of amides is 1. The van der Waals surface area contributed by atoms with Gasteiger partial charge in [-0.2, -0.15) is 0 Å². The van der Waals surface area contributed by atoms with Gasteiger partial charge in [0, 0.05) is 19.5 Å². The van der Waals surface area contributed by atoms with Crippen molar-refractivity contribution >= 4 is 5.91 Å². The van der Waals surface area contributed by atoms with Gasteiger partial charge in [0.15, 0.2) is 0 Å². The Morgan fingerprint density at radius 2 is 1.73 bits per heavy atom. The Balaban J connectivity index is 0. The second-order valence-electron chi connectivity index (χ2n) is 3.27. The molecule has 1 aliphatic rings. The molecular weight excluding hydrogens is 186 g/mol.